The molecule has 2 aromatic rings. The van der Waals surface area contributed by atoms with Gasteiger partial charge in [0.1, 0.15) is 0 Å². The fourth-order valence-electron chi connectivity index (χ4n) is 2.59. The normalized spacial score (nSPS) is 25.0. The first-order valence-electron chi connectivity index (χ1n) is 7.84. The zero-order valence-corrected chi connectivity index (χ0v) is 14.6. The molecular weight excluding hydrogens is 339 g/mol. The number of rotatable bonds is 5. The summed E-state index contributed by atoms with van der Waals surface area (Å²) < 4.78 is 13.5. The molecule has 0 aromatic heterocycles. The molecule has 0 N–H and O–H groups in total. The molecule has 1 fully saturated rings. The molecule has 3 unspecified atom stereocenters. The summed E-state index contributed by atoms with van der Waals surface area (Å²) in [7, 11) is 0. The number of hydrogen-bond donors (Lipinski definition) is 0. The molecule has 3 rings (SSSR count). The minimum absolute atomic E-state index is 0.0574. The Morgan fingerprint density at radius 3 is 2.36 bits per heavy atom. The van der Waals surface area contributed by atoms with Crippen molar-refractivity contribution < 1.29 is 9.47 Å². The molecule has 2 nitrogen and oxygen atoms in total. The number of aryl methyl sites for hydroxylation is 1. The van der Waals surface area contributed by atoms with Crippen LogP contribution in [0.15, 0.2) is 60.7 Å². The predicted molar refractivity (Wildman–Crippen MR) is 90.6 cm³/mol. The third-order valence-electron chi connectivity index (χ3n) is 3.88. The quantitative estimate of drug-likeness (QED) is 0.762. The van der Waals surface area contributed by atoms with Crippen LogP contribution in [0.25, 0.3) is 0 Å². The monoisotopic (exact) mass is 362 g/mol. The third-order valence-corrected chi connectivity index (χ3v) is 6.75. The van der Waals surface area contributed by atoms with Gasteiger partial charge in [-0.1, -0.05) is 0 Å². The van der Waals surface area contributed by atoms with Crippen molar-refractivity contribution in [3.63, 3.8) is 0 Å². The average molecular weight is 361 g/mol. The molecule has 2 aromatic carbocycles. The molecular formula is C19H22O2Se. The number of hydrogen-bond acceptors (Lipinski definition) is 2. The standard InChI is InChI=1S/C19H22O2Se/c1-15-18(22-17-10-6-3-7-11-17)14-20-19(21-15)13-12-16-8-4-2-5-9-16/h2-11,15,18-19H,12-14H2,1H3. The van der Waals surface area contributed by atoms with Gasteiger partial charge in [-0.2, -0.15) is 0 Å². The van der Waals surface area contributed by atoms with Crippen LogP contribution in [-0.2, 0) is 15.9 Å². The van der Waals surface area contributed by atoms with E-state index in [-0.39, 0.29) is 12.4 Å². The summed E-state index contributed by atoms with van der Waals surface area (Å²) in [5, 5.41) is 0. The van der Waals surface area contributed by atoms with Gasteiger partial charge in [0.05, 0.1) is 0 Å². The van der Waals surface area contributed by atoms with E-state index in [2.05, 4.69) is 67.6 Å². The number of benzene rings is 2. The van der Waals surface area contributed by atoms with Gasteiger partial charge in [-0.05, 0) is 0 Å². The summed E-state index contributed by atoms with van der Waals surface area (Å²) in [6, 6.07) is 21.2. The summed E-state index contributed by atoms with van der Waals surface area (Å²) in [5.41, 5.74) is 1.35. The topological polar surface area (TPSA) is 18.5 Å². The van der Waals surface area contributed by atoms with E-state index in [9.17, 15) is 0 Å². The zero-order chi connectivity index (χ0) is 15.2. The molecule has 22 heavy (non-hydrogen) atoms. The van der Waals surface area contributed by atoms with Crippen LogP contribution in [0, 0.1) is 0 Å². The second-order valence-electron chi connectivity index (χ2n) is 5.60. The molecule has 1 aliphatic heterocycles. The maximum absolute atomic E-state index is 6.09. The Kier molecular flexibility index (Phi) is 5.69. The molecule has 0 spiro atoms. The van der Waals surface area contributed by atoms with Crippen molar-refractivity contribution >= 4 is 19.4 Å². The van der Waals surface area contributed by atoms with Crippen LogP contribution < -0.4 is 4.46 Å². The Balaban J connectivity index is 1.47. The first-order valence-corrected chi connectivity index (χ1v) is 9.68. The molecule has 0 aliphatic carbocycles. The molecule has 3 atom stereocenters. The second kappa shape index (κ2) is 7.94. The van der Waals surface area contributed by atoms with E-state index in [1.165, 1.54) is 10.0 Å². The van der Waals surface area contributed by atoms with Gasteiger partial charge in [-0.3, -0.25) is 0 Å². The average Bonchev–Trinajstić information content (AvgIpc) is 2.57. The van der Waals surface area contributed by atoms with Crippen LogP contribution in [0.5, 0.6) is 0 Å². The number of ether oxygens (including phenoxy) is 2. The molecule has 0 bridgehead atoms. The summed E-state index contributed by atoms with van der Waals surface area (Å²) >= 11 is 0.408. The summed E-state index contributed by atoms with van der Waals surface area (Å²) in [5.74, 6) is 0. The van der Waals surface area contributed by atoms with E-state index >= 15 is 0 Å². The van der Waals surface area contributed by atoms with Gasteiger partial charge >= 0.3 is 139 Å². The van der Waals surface area contributed by atoms with E-state index in [1.807, 2.05) is 0 Å². The Hall–Kier alpha value is -1.12. The predicted octanol–water partition coefficient (Wildman–Crippen LogP) is 3.20. The van der Waals surface area contributed by atoms with Crippen molar-refractivity contribution in [2.75, 3.05) is 6.61 Å². The van der Waals surface area contributed by atoms with E-state index in [0.29, 0.717) is 19.8 Å². The van der Waals surface area contributed by atoms with Gasteiger partial charge in [0, 0.05) is 0 Å². The SMILES string of the molecule is CC1OC(CCc2ccccc2)OCC1[Se]c1ccccc1. The van der Waals surface area contributed by atoms with Gasteiger partial charge < -0.3 is 0 Å². The Labute approximate surface area is 139 Å². The van der Waals surface area contributed by atoms with Crippen LogP contribution in [0.3, 0.4) is 0 Å². The van der Waals surface area contributed by atoms with E-state index < -0.39 is 0 Å². The van der Waals surface area contributed by atoms with E-state index in [0.717, 1.165) is 19.4 Å². The van der Waals surface area contributed by atoms with Crippen molar-refractivity contribution in [3.8, 4) is 0 Å². The van der Waals surface area contributed by atoms with Gasteiger partial charge in [-0.25, -0.2) is 0 Å². The Morgan fingerprint density at radius 2 is 1.68 bits per heavy atom. The van der Waals surface area contributed by atoms with Crippen molar-refractivity contribution in [3.05, 3.63) is 66.2 Å². The summed E-state index contributed by atoms with van der Waals surface area (Å²) in [6.45, 7) is 3.00. The Bertz CT molecular complexity index is 558. The molecule has 116 valence electrons. The van der Waals surface area contributed by atoms with E-state index in [4.69, 9.17) is 9.47 Å². The maximum atomic E-state index is 6.09. The molecule has 1 saturated heterocycles. The molecule has 0 radical (unpaired) electrons. The van der Waals surface area contributed by atoms with Crippen molar-refractivity contribution in [2.24, 2.45) is 0 Å². The molecule has 1 aliphatic rings. The van der Waals surface area contributed by atoms with Crippen LogP contribution in [0.1, 0.15) is 18.9 Å². The van der Waals surface area contributed by atoms with Crippen LogP contribution in [0.2, 0.25) is 4.82 Å². The second-order valence-corrected chi connectivity index (χ2v) is 8.35. The van der Waals surface area contributed by atoms with Crippen molar-refractivity contribution in [2.45, 2.75) is 37.0 Å². The third kappa shape index (κ3) is 4.44. The van der Waals surface area contributed by atoms with Crippen LogP contribution in [0.4, 0.5) is 0 Å². The summed E-state index contributed by atoms with van der Waals surface area (Å²) in [6.07, 6.45) is 2.15. The Morgan fingerprint density at radius 1 is 1.00 bits per heavy atom. The van der Waals surface area contributed by atoms with E-state index in [1.54, 1.807) is 0 Å². The van der Waals surface area contributed by atoms with Crippen molar-refractivity contribution in [1.82, 2.24) is 0 Å². The summed E-state index contributed by atoms with van der Waals surface area (Å²) in [4.78, 5) is 0.503. The molecule has 3 heteroatoms. The first-order chi connectivity index (χ1) is 10.8. The van der Waals surface area contributed by atoms with Crippen LogP contribution in [-0.4, -0.2) is 34.0 Å². The first kappa shape index (κ1) is 15.8. The molecule has 0 saturated carbocycles. The molecule has 0 amide bonds. The van der Waals surface area contributed by atoms with Gasteiger partial charge in [0.2, 0.25) is 0 Å². The van der Waals surface area contributed by atoms with Gasteiger partial charge in [0.15, 0.2) is 0 Å². The van der Waals surface area contributed by atoms with Crippen LogP contribution >= 0.6 is 0 Å². The molecule has 1 heterocycles. The van der Waals surface area contributed by atoms with Gasteiger partial charge in [-0.15, -0.1) is 0 Å². The van der Waals surface area contributed by atoms with Crippen molar-refractivity contribution in [1.29, 1.82) is 0 Å². The fraction of sp³-hybridized carbons (Fsp3) is 0.368. The fourth-order valence-corrected chi connectivity index (χ4v) is 4.83. The zero-order valence-electron chi connectivity index (χ0n) is 12.9. The van der Waals surface area contributed by atoms with Gasteiger partial charge in [0.25, 0.3) is 0 Å². The minimum atomic E-state index is -0.0574.